The van der Waals surface area contributed by atoms with Gasteiger partial charge in [0.2, 0.25) is 5.95 Å². The van der Waals surface area contributed by atoms with Crippen LogP contribution >= 0.6 is 0 Å². The van der Waals surface area contributed by atoms with Crippen molar-refractivity contribution in [3.63, 3.8) is 0 Å². The maximum absolute atomic E-state index is 14.0. The van der Waals surface area contributed by atoms with Crippen molar-refractivity contribution in [1.82, 2.24) is 20.2 Å². The summed E-state index contributed by atoms with van der Waals surface area (Å²) < 4.78 is 32.7. The molecule has 2 heterocycles. The van der Waals surface area contributed by atoms with Crippen molar-refractivity contribution in [2.75, 3.05) is 18.5 Å². The van der Waals surface area contributed by atoms with Crippen LogP contribution in [0.25, 0.3) is 0 Å². The van der Waals surface area contributed by atoms with Crippen LogP contribution in [0.4, 0.5) is 10.3 Å². The lowest BCUT2D eigenvalue weighted by Crippen LogP contribution is -2.29. The van der Waals surface area contributed by atoms with Crippen LogP contribution in [-0.2, 0) is 16.1 Å². The van der Waals surface area contributed by atoms with Gasteiger partial charge in [-0.2, -0.15) is 4.68 Å². The molecule has 9 nitrogen and oxygen atoms in total. The van der Waals surface area contributed by atoms with Crippen molar-refractivity contribution in [3.05, 3.63) is 70.7 Å². The van der Waals surface area contributed by atoms with Gasteiger partial charge in [-0.15, -0.1) is 0 Å². The smallest absolute Gasteiger partial charge is 0.338 e. The Hall–Kier alpha value is -3.95. The fourth-order valence-corrected chi connectivity index (χ4v) is 3.71. The SMILES string of the molecule is CCCOC(=O)C1=C(C)Nc2nnnn2C1c1ccc(OCc2ccccc2F)c(OCC)c1. The molecule has 0 aliphatic carbocycles. The Bertz CT molecular complexity index is 1210. The second-order valence-corrected chi connectivity index (χ2v) is 7.67. The summed E-state index contributed by atoms with van der Waals surface area (Å²) in [7, 11) is 0. The largest absolute Gasteiger partial charge is 0.490 e. The molecule has 178 valence electrons. The van der Waals surface area contributed by atoms with Gasteiger partial charge in [0.25, 0.3) is 0 Å². The van der Waals surface area contributed by atoms with E-state index in [-0.39, 0.29) is 12.4 Å². The molecule has 0 saturated carbocycles. The molecule has 1 aromatic heterocycles. The standard InChI is InChI=1S/C24H26FN5O4/c1-4-12-33-23(31)21-15(3)26-24-27-28-29-30(24)22(21)16-10-11-19(20(13-16)32-5-2)34-14-17-8-6-7-9-18(17)25/h6-11,13,22H,4-5,12,14H2,1-3H3,(H,26,27,29). The molecule has 0 bridgehead atoms. The van der Waals surface area contributed by atoms with Gasteiger partial charge < -0.3 is 19.5 Å². The van der Waals surface area contributed by atoms with Crippen LogP contribution in [0, 0.1) is 5.82 Å². The van der Waals surface area contributed by atoms with Gasteiger partial charge in [0, 0.05) is 11.3 Å². The third-order valence-corrected chi connectivity index (χ3v) is 5.30. The molecule has 0 saturated heterocycles. The van der Waals surface area contributed by atoms with Crippen LogP contribution in [0.15, 0.2) is 53.7 Å². The Kier molecular flexibility index (Phi) is 7.05. The van der Waals surface area contributed by atoms with E-state index in [0.717, 1.165) is 0 Å². The summed E-state index contributed by atoms with van der Waals surface area (Å²) in [6.45, 7) is 6.31. The summed E-state index contributed by atoms with van der Waals surface area (Å²) in [6, 6.07) is 11.1. The van der Waals surface area contributed by atoms with E-state index in [1.165, 1.54) is 10.7 Å². The van der Waals surface area contributed by atoms with Crippen LogP contribution in [0.3, 0.4) is 0 Å². The molecular weight excluding hydrogens is 441 g/mol. The fraction of sp³-hybridized carbons (Fsp3) is 0.333. The molecule has 0 radical (unpaired) electrons. The molecule has 1 aliphatic heterocycles. The molecule has 4 rings (SSSR count). The molecular formula is C24H26FN5O4. The van der Waals surface area contributed by atoms with Gasteiger partial charge in [-0.3, -0.25) is 0 Å². The maximum atomic E-state index is 14.0. The summed E-state index contributed by atoms with van der Waals surface area (Å²) in [5.74, 6) is 0.538. The zero-order valence-electron chi connectivity index (χ0n) is 19.2. The van der Waals surface area contributed by atoms with E-state index in [2.05, 4.69) is 20.8 Å². The topological polar surface area (TPSA) is 100 Å². The van der Waals surface area contributed by atoms with Crippen molar-refractivity contribution in [2.24, 2.45) is 0 Å². The number of nitrogens with one attached hydrogen (secondary N) is 1. The number of benzene rings is 2. The zero-order chi connectivity index (χ0) is 24.1. The van der Waals surface area contributed by atoms with E-state index in [4.69, 9.17) is 14.2 Å². The second kappa shape index (κ2) is 10.3. The van der Waals surface area contributed by atoms with E-state index < -0.39 is 12.0 Å². The first-order valence-electron chi connectivity index (χ1n) is 11.1. The van der Waals surface area contributed by atoms with Crippen LogP contribution in [0.1, 0.15) is 44.4 Å². The summed E-state index contributed by atoms with van der Waals surface area (Å²) >= 11 is 0. The Morgan fingerprint density at radius 1 is 1.15 bits per heavy atom. The van der Waals surface area contributed by atoms with Gasteiger partial charge in [0.15, 0.2) is 11.5 Å². The number of hydrogen-bond donors (Lipinski definition) is 1. The van der Waals surface area contributed by atoms with Crippen molar-refractivity contribution >= 4 is 11.9 Å². The normalized spacial score (nSPS) is 14.9. The summed E-state index contributed by atoms with van der Waals surface area (Å²) in [6.07, 6.45) is 0.703. The number of aromatic nitrogens is 4. The van der Waals surface area contributed by atoms with Gasteiger partial charge in [-0.1, -0.05) is 36.3 Å². The Morgan fingerprint density at radius 3 is 2.74 bits per heavy atom. The number of tetrazole rings is 1. The Balaban J connectivity index is 1.69. The highest BCUT2D eigenvalue weighted by atomic mass is 19.1. The zero-order valence-corrected chi connectivity index (χ0v) is 19.2. The Labute approximate surface area is 196 Å². The third-order valence-electron chi connectivity index (χ3n) is 5.30. The highest BCUT2D eigenvalue weighted by Gasteiger charge is 2.35. The van der Waals surface area contributed by atoms with E-state index in [9.17, 15) is 9.18 Å². The molecule has 2 aromatic carbocycles. The molecule has 1 N–H and O–H groups in total. The summed E-state index contributed by atoms with van der Waals surface area (Å²) in [5, 5.41) is 14.9. The summed E-state index contributed by atoms with van der Waals surface area (Å²) in [5.41, 5.74) is 2.15. The van der Waals surface area contributed by atoms with Crippen molar-refractivity contribution in [1.29, 1.82) is 0 Å². The number of rotatable bonds is 9. The average Bonchev–Trinajstić information content (AvgIpc) is 3.30. The van der Waals surface area contributed by atoms with Gasteiger partial charge in [-0.05, 0) is 54.5 Å². The molecule has 1 atom stereocenters. The monoisotopic (exact) mass is 467 g/mol. The highest BCUT2D eigenvalue weighted by molar-refractivity contribution is 5.92. The molecule has 0 amide bonds. The van der Waals surface area contributed by atoms with Gasteiger partial charge in [0.05, 0.1) is 18.8 Å². The predicted molar refractivity (Wildman–Crippen MR) is 122 cm³/mol. The molecule has 3 aromatic rings. The van der Waals surface area contributed by atoms with Crippen LogP contribution in [-0.4, -0.2) is 39.4 Å². The maximum Gasteiger partial charge on any atom is 0.338 e. The minimum atomic E-state index is -0.629. The van der Waals surface area contributed by atoms with Gasteiger partial charge >= 0.3 is 5.97 Å². The molecule has 0 spiro atoms. The van der Waals surface area contributed by atoms with Crippen molar-refractivity contribution in [3.8, 4) is 11.5 Å². The first-order chi connectivity index (χ1) is 16.5. The highest BCUT2D eigenvalue weighted by Crippen LogP contribution is 2.39. The summed E-state index contributed by atoms with van der Waals surface area (Å²) in [4.78, 5) is 13.0. The first kappa shape index (κ1) is 23.2. The number of fused-ring (bicyclic) bond motifs is 1. The molecule has 34 heavy (non-hydrogen) atoms. The first-order valence-corrected chi connectivity index (χ1v) is 11.1. The fourth-order valence-electron chi connectivity index (χ4n) is 3.71. The quantitative estimate of drug-likeness (QED) is 0.471. The van der Waals surface area contributed by atoms with E-state index in [1.54, 1.807) is 43.3 Å². The molecule has 10 heteroatoms. The number of hydrogen-bond acceptors (Lipinski definition) is 8. The number of anilines is 1. The number of carbonyl (C=O) groups excluding carboxylic acids is 1. The van der Waals surface area contributed by atoms with E-state index >= 15 is 0 Å². The predicted octanol–water partition coefficient (Wildman–Crippen LogP) is 4.03. The second-order valence-electron chi connectivity index (χ2n) is 7.67. The molecule has 1 aliphatic rings. The van der Waals surface area contributed by atoms with Crippen LogP contribution in [0.5, 0.6) is 11.5 Å². The average molecular weight is 468 g/mol. The molecule has 1 unspecified atom stereocenters. The van der Waals surface area contributed by atoms with Crippen molar-refractivity contribution < 1.29 is 23.4 Å². The minimum Gasteiger partial charge on any atom is -0.490 e. The number of halogens is 1. The number of nitrogens with zero attached hydrogens (tertiary/aromatic N) is 4. The van der Waals surface area contributed by atoms with Crippen molar-refractivity contribution in [2.45, 2.75) is 39.8 Å². The third kappa shape index (κ3) is 4.70. The van der Waals surface area contributed by atoms with E-state index in [1.807, 2.05) is 13.8 Å². The van der Waals surface area contributed by atoms with Gasteiger partial charge in [0.1, 0.15) is 18.5 Å². The van der Waals surface area contributed by atoms with Crippen LogP contribution < -0.4 is 14.8 Å². The Morgan fingerprint density at radius 2 is 1.97 bits per heavy atom. The van der Waals surface area contributed by atoms with E-state index in [0.29, 0.717) is 59.5 Å². The lowest BCUT2D eigenvalue weighted by atomic mass is 9.95. The lowest BCUT2D eigenvalue weighted by Gasteiger charge is -2.28. The number of allylic oxidation sites excluding steroid dienone is 1. The number of esters is 1. The number of ether oxygens (including phenoxy) is 3. The number of carbonyl (C=O) groups is 1. The minimum absolute atomic E-state index is 0.0458. The van der Waals surface area contributed by atoms with Crippen LogP contribution in [0.2, 0.25) is 0 Å². The lowest BCUT2D eigenvalue weighted by molar-refractivity contribution is -0.139. The molecule has 0 fully saturated rings. The van der Waals surface area contributed by atoms with Gasteiger partial charge in [-0.25, -0.2) is 9.18 Å².